The first-order chi connectivity index (χ1) is 13.6. The fourth-order valence-electron chi connectivity index (χ4n) is 2.92. The Bertz CT molecular complexity index is 777. The standard InChI is InChI=1S/C22H31N3O3/c1-6-28-19-9-7-8-18(14-19)16-24-22(23-2)25(3)13-12-17-10-11-20(26-4)21(15-17)27-5/h7-11,14-15H,6,12-13,16H2,1-5H3,(H,23,24). The second-order valence-electron chi connectivity index (χ2n) is 6.34. The summed E-state index contributed by atoms with van der Waals surface area (Å²) in [5.74, 6) is 3.23. The average Bonchev–Trinajstić information content (AvgIpc) is 2.73. The average molecular weight is 386 g/mol. The van der Waals surface area contributed by atoms with Gasteiger partial charge in [-0.15, -0.1) is 0 Å². The molecule has 2 rings (SSSR count). The molecule has 0 aliphatic carbocycles. The van der Waals surface area contributed by atoms with Gasteiger partial charge < -0.3 is 24.4 Å². The van der Waals surface area contributed by atoms with Crippen LogP contribution in [0.4, 0.5) is 0 Å². The molecule has 0 atom stereocenters. The van der Waals surface area contributed by atoms with Crippen molar-refractivity contribution in [2.24, 2.45) is 4.99 Å². The summed E-state index contributed by atoms with van der Waals surface area (Å²) < 4.78 is 16.2. The van der Waals surface area contributed by atoms with Crippen molar-refractivity contribution in [2.45, 2.75) is 19.9 Å². The van der Waals surface area contributed by atoms with Crippen molar-refractivity contribution in [2.75, 3.05) is 41.5 Å². The van der Waals surface area contributed by atoms with Gasteiger partial charge in [0.15, 0.2) is 17.5 Å². The maximum atomic E-state index is 5.56. The molecule has 0 fully saturated rings. The zero-order valence-corrected chi connectivity index (χ0v) is 17.5. The van der Waals surface area contributed by atoms with Crippen molar-refractivity contribution < 1.29 is 14.2 Å². The normalized spacial score (nSPS) is 11.1. The predicted molar refractivity (Wildman–Crippen MR) is 114 cm³/mol. The molecule has 2 aromatic carbocycles. The Hall–Kier alpha value is -2.89. The second kappa shape index (κ2) is 11.1. The van der Waals surface area contributed by atoms with Crippen molar-refractivity contribution >= 4 is 5.96 Å². The molecule has 0 radical (unpaired) electrons. The molecule has 2 aromatic rings. The van der Waals surface area contributed by atoms with Crippen molar-refractivity contribution in [3.63, 3.8) is 0 Å². The minimum Gasteiger partial charge on any atom is -0.494 e. The van der Waals surface area contributed by atoms with Gasteiger partial charge in [0, 0.05) is 27.2 Å². The Balaban J connectivity index is 1.91. The first kappa shape index (κ1) is 21.4. The van der Waals surface area contributed by atoms with Crippen LogP contribution in [-0.4, -0.2) is 52.3 Å². The number of methoxy groups -OCH3 is 2. The highest BCUT2D eigenvalue weighted by atomic mass is 16.5. The molecule has 152 valence electrons. The highest BCUT2D eigenvalue weighted by molar-refractivity contribution is 5.79. The van der Waals surface area contributed by atoms with E-state index in [2.05, 4.69) is 27.3 Å². The van der Waals surface area contributed by atoms with Gasteiger partial charge in [-0.1, -0.05) is 18.2 Å². The number of likely N-dealkylation sites (N-methyl/N-ethyl adjacent to an activating group) is 1. The van der Waals surface area contributed by atoms with Gasteiger partial charge in [0.05, 0.1) is 20.8 Å². The van der Waals surface area contributed by atoms with Crippen molar-refractivity contribution in [3.05, 3.63) is 53.6 Å². The maximum absolute atomic E-state index is 5.56. The molecular formula is C22H31N3O3. The van der Waals surface area contributed by atoms with E-state index in [0.717, 1.165) is 41.7 Å². The van der Waals surface area contributed by atoms with E-state index < -0.39 is 0 Å². The third kappa shape index (κ3) is 6.08. The molecule has 0 saturated heterocycles. The molecule has 0 aromatic heterocycles. The fraction of sp³-hybridized carbons (Fsp3) is 0.409. The number of hydrogen-bond donors (Lipinski definition) is 1. The van der Waals surface area contributed by atoms with Crippen LogP contribution in [0.5, 0.6) is 17.2 Å². The topological polar surface area (TPSA) is 55.3 Å². The lowest BCUT2D eigenvalue weighted by molar-refractivity contribution is 0.340. The van der Waals surface area contributed by atoms with E-state index in [9.17, 15) is 0 Å². The molecule has 0 spiro atoms. The molecule has 6 nitrogen and oxygen atoms in total. The van der Waals surface area contributed by atoms with Gasteiger partial charge in [0.25, 0.3) is 0 Å². The number of aliphatic imine (C=N–C) groups is 1. The number of nitrogens with one attached hydrogen (secondary N) is 1. The number of ether oxygens (including phenoxy) is 3. The molecular weight excluding hydrogens is 354 g/mol. The van der Waals surface area contributed by atoms with Crippen molar-refractivity contribution in [1.29, 1.82) is 0 Å². The first-order valence-corrected chi connectivity index (χ1v) is 9.45. The lowest BCUT2D eigenvalue weighted by Crippen LogP contribution is -2.39. The van der Waals surface area contributed by atoms with Gasteiger partial charge in [-0.05, 0) is 48.7 Å². The summed E-state index contributed by atoms with van der Waals surface area (Å²) in [4.78, 5) is 6.50. The number of rotatable bonds is 9. The van der Waals surface area contributed by atoms with E-state index in [1.54, 1.807) is 21.3 Å². The summed E-state index contributed by atoms with van der Waals surface area (Å²) >= 11 is 0. The number of benzene rings is 2. The molecule has 1 N–H and O–H groups in total. The van der Waals surface area contributed by atoms with E-state index in [1.165, 1.54) is 5.56 Å². The number of guanidine groups is 1. The summed E-state index contributed by atoms with van der Waals surface area (Å²) in [6.45, 7) is 4.17. The van der Waals surface area contributed by atoms with Crippen LogP contribution in [0.15, 0.2) is 47.5 Å². The molecule has 0 unspecified atom stereocenters. The third-order valence-electron chi connectivity index (χ3n) is 4.42. The van der Waals surface area contributed by atoms with Crippen LogP contribution < -0.4 is 19.5 Å². The molecule has 28 heavy (non-hydrogen) atoms. The molecule has 0 bridgehead atoms. The van der Waals surface area contributed by atoms with E-state index >= 15 is 0 Å². The quantitative estimate of drug-likeness (QED) is 0.530. The molecule has 0 amide bonds. The summed E-state index contributed by atoms with van der Waals surface area (Å²) in [7, 11) is 7.13. The Morgan fingerprint density at radius 3 is 2.50 bits per heavy atom. The Morgan fingerprint density at radius 1 is 1.04 bits per heavy atom. The summed E-state index contributed by atoms with van der Waals surface area (Å²) in [6, 6.07) is 14.1. The largest absolute Gasteiger partial charge is 0.494 e. The van der Waals surface area contributed by atoms with E-state index in [0.29, 0.717) is 13.2 Å². The van der Waals surface area contributed by atoms with E-state index in [1.807, 2.05) is 44.3 Å². The van der Waals surface area contributed by atoms with Gasteiger partial charge in [-0.25, -0.2) is 0 Å². The van der Waals surface area contributed by atoms with Gasteiger partial charge in [0.2, 0.25) is 0 Å². The minimum absolute atomic E-state index is 0.664. The molecule has 0 heterocycles. The van der Waals surface area contributed by atoms with Crippen LogP contribution in [0, 0.1) is 0 Å². The lowest BCUT2D eigenvalue weighted by atomic mass is 10.1. The van der Waals surface area contributed by atoms with Gasteiger partial charge in [-0.2, -0.15) is 0 Å². The fourth-order valence-corrected chi connectivity index (χ4v) is 2.92. The van der Waals surface area contributed by atoms with Crippen LogP contribution >= 0.6 is 0 Å². The Labute approximate surface area is 168 Å². The predicted octanol–water partition coefficient (Wildman–Crippen LogP) is 3.35. The third-order valence-corrected chi connectivity index (χ3v) is 4.42. The van der Waals surface area contributed by atoms with Crippen LogP contribution in [0.3, 0.4) is 0 Å². The van der Waals surface area contributed by atoms with Crippen LogP contribution in [0.2, 0.25) is 0 Å². The van der Waals surface area contributed by atoms with Crippen LogP contribution in [0.1, 0.15) is 18.1 Å². The molecule has 0 saturated carbocycles. The van der Waals surface area contributed by atoms with Crippen molar-refractivity contribution in [3.8, 4) is 17.2 Å². The Morgan fingerprint density at radius 2 is 1.82 bits per heavy atom. The van der Waals surface area contributed by atoms with Gasteiger partial charge in [-0.3, -0.25) is 4.99 Å². The monoisotopic (exact) mass is 385 g/mol. The zero-order valence-electron chi connectivity index (χ0n) is 17.5. The minimum atomic E-state index is 0.664. The van der Waals surface area contributed by atoms with Gasteiger partial charge >= 0.3 is 0 Å². The van der Waals surface area contributed by atoms with Crippen molar-refractivity contribution in [1.82, 2.24) is 10.2 Å². The maximum Gasteiger partial charge on any atom is 0.193 e. The SMILES string of the molecule is CCOc1cccc(CNC(=NC)N(C)CCc2ccc(OC)c(OC)c2)c1. The van der Waals surface area contributed by atoms with E-state index in [4.69, 9.17) is 14.2 Å². The van der Waals surface area contributed by atoms with Crippen LogP contribution in [-0.2, 0) is 13.0 Å². The van der Waals surface area contributed by atoms with E-state index in [-0.39, 0.29) is 0 Å². The molecule has 6 heteroatoms. The van der Waals surface area contributed by atoms with Crippen LogP contribution in [0.25, 0.3) is 0 Å². The Kier molecular flexibility index (Phi) is 8.46. The summed E-state index contributed by atoms with van der Waals surface area (Å²) in [5.41, 5.74) is 2.34. The number of hydrogen-bond acceptors (Lipinski definition) is 4. The first-order valence-electron chi connectivity index (χ1n) is 9.45. The highest BCUT2D eigenvalue weighted by Crippen LogP contribution is 2.27. The summed E-state index contributed by atoms with van der Waals surface area (Å²) in [5, 5.41) is 3.41. The molecule has 0 aliphatic heterocycles. The second-order valence-corrected chi connectivity index (χ2v) is 6.34. The lowest BCUT2D eigenvalue weighted by Gasteiger charge is -2.22. The number of nitrogens with zero attached hydrogens (tertiary/aromatic N) is 2. The highest BCUT2D eigenvalue weighted by Gasteiger charge is 2.09. The van der Waals surface area contributed by atoms with Gasteiger partial charge in [0.1, 0.15) is 5.75 Å². The zero-order chi connectivity index (χ0) is 20.4. The molecule has 0 aliphatic rings. The smallest absolute Gasteiger partial charge is 0.193 e. The summed E-state index contributed by atoms with van der Waals surface area (Å²) in [6.07, 6.45) is 0.872.